The van der Waals surface area contributed by atoms with Gasteiger partial charge in [-0.2, -0.15) is 0 Å². The summed E-state index contributed by atoms with van der Waals surface area (Å²) < 4.78 is 0. The van der Waals surface area contributed by atoms with E-state index in [-0.39, 0.29) is 11.8 Å². The Hall–Kier alpha value is -2.62. The summed E-state index contributed by atoms with van der Waals surface area (Å²) in [5.74, 6) is -0.0485. The first kappa shape index (κ1) is 16.7. The van der Waals surface area contributed by atoms with Crippen LogP contribution < -0.4 is 10.6 Å². The van der Waals surface area contributed by atoms with Crippen LogP contribution in [0.4, 0.5) is 0 Å². The summed E-state index contributed by atoms with van der Waals surface area (Å²) in [5, 5.41) is 5.66. The first-order valence-corrected chi connectivity index (χ1v) is 7.87. The van der Waals surface area contributed by atoms with Crippen molar-refractivity contribution < 1.29 is 9.59 Å². The van der Waals surface area contributed by atoms with E-state index in [4.69, 9.17) is 0 Å². The molecule has 0 radical (unpaired) electrons. The van der Waals surface area contributed by atoms with Crippen LogP contribution >= 0.6 is 0 Å². The fourth-order valence-corrected chi connectivity index (χ4v) is 2.23. The smallest absolute Gasteiger partial charge is 0.251 e. The van der Waals surface area contributed by atoms with E-state index >= 15 is 0 Å². The summed E-state index contributed by atoms with van der Waals surface area (Å²) >= 11 is 0. The summed E-state index contributed by atoms with van der Waals surface area (Å²) in [6.45, 7) is 2.97. The first-order chi connectivity index (χ1) is 11.2. The van der Waals surface area contributed by atoms with Crippen LogP contribution in [0.3, 0.4) is 0 Å². The maximum Gasteiger partial charge on any atom is 0.251 e. The summed E-state index contributed by atoms with van der Waals surface area (Å²) in [6.07, 6.45) is 1.21. The second-order valence-corrected chi connectivity index (χ2v) is 5.32. The van der Waals surface area contributed by atoms with Crippen LogP contribution in [-0.2, 0) is 17.8 Å². The molecule has 0 aromatic heterocycles. The lowest BCUT2D eigenvalue weighted by Gasteiger charge is -2.07. The lowest BCUT2D eigenvalue weighted by Crippen LogP contribution is -2.24. The SMILES string of the molecule is CCNC(=O)c1ccc(CNC(=O)CCc2ccccc2)cc1. The third-order valence-electron chi connectivity index (χ3n) is 3.53. The third-order valence-corrected chi connectivity index (χ3v) is 3.53. The highest BCUT2D eigenvalue weighted by Crippen LogP contribution is 2.05. The van der Waals surface area contributed by atoms with Gasteiger partial charge in [-0.15, -0.1) is 0 Å². The second-order valence-electron chi connectivity index (χ2n) is 5.32. The molecule has 2 aromatic carbocycles. The molecular weight excluding hydrogens is 288 g/mol. The Balaban J connectivity index is 1.77. The standard InChI is InChI=1S/C19H22N2O2/c1-2-20-19(23)17-11-8-16(9-12-17)14-21-18(22)13-10-15-6-4-3-5-7-15/h3-9,11-12H,2,10,13-14H2,1H3,(H,20,23)(H,21,22). The molecule has 2 rings (SSSR count). The molecule has 0 saturated heterocycles. The maximum absolute atomic E-state index is 11.9. The van der Waals surface area contributed by atoms with Crippen LogP contribution in [0.5, 0.6) is 0 Å². The molecule has 120 valence electrons. The molecule has 2 aromatic rings. The molecule has 0 unspecified atom stereocenters. The fourth-order valence-electron chi connectivity index (χ4n) is 2.23. The molecule has 0 heterocycles. The minimum Gasteiger partial charge on any atom is -0.352 e. The zero-order chi connectivity index (χ0) is 16.5. The Labute approximate surface area is 136 Å². The van der Waals surface area contributed by atoms with Gasteiger partial charge in [0.2, 0.25) is 5.91 Å². The Morgan fingerprint density at radius 3 is 2.22 bits per heavy atom. The van der Waals surface area contributed by atoms with E-state index in [9.17, 15) is 9.59 Å². The van der Waals surface area contributed by atoms with Crippen molar-refractivity contribution in [3.63, 3.8) is 0 Å². The van der Waals surface area contributed by atoms with E-state index < -0.39 is 0 Å². The van der Waals surface area contributed by atoms with Crippen molar-refractivity contribution >= 4 is 11.8 Å². The van der Waals surface area contributed by atoms with E-state index in [0.29, 0.717) is 25.1 Å². The van der Waals surface area contributed by atoms with Crippen molar-refractivity contribution in [1.82, 2.24) is 10.6 Å². The Morgan fingerprint density at radius 2 is 1.57 bits per heavy atom. The molecule has 4 heteroatoms. The number of benzene rings is 2. The first-order valence-electron chi connectivity index (χ1n) is 7.87. The molecule has 0 bridgehead atoms. The van der Waals surface area contributed by atoms with Crippen molar-refractivity contribution in [3.05, 3.63) is 71.3 Å². The molecule has 2 amide bonds. The van der Waals surface area contributed by atoms with Gasteiger partial charge in [0.05, 0.1) is 0 Å². The van der Waals surface area contributed by atoms with E-state index in [2.05, 4.69) is 10.6 Å². The monoisotopic (exact) mass is 310 g/mol. The molecule has 0 fully saturated rings. The molecule has 0 saturated carbocycles. The molecular formula is C19H22N2O2. The van der Waals surface area contributed by atoms with Gasteiger partial charge in [0, 0.05) is 25.1 Å². The van der Waals surface area contributed by atoms with E-state index in [1.54, 1.807) is 12.1 Å². The van der Waals surface area contributed by atoms with Crippen molar-refractivity contribution in [2.75, 3.05) is 6.54 Å². The number of carbonyl (C=O) groups excluding carboxylic acids is 2. The highest BCUT2D eigenvalue weighted by molar-refractivity contribution is 5.94. The van der Waals surface area contributed by atoms with E-state index in [1.807, 2.05) is 49.4 Å². The van der Waals surface area contributed by atoms with Crippen LogP contribution in [0.1, 0.15) is 34.8 Å². The van der Waals surface area contributed by atoms with Gasteiger partial charge < -0.3 is 10.6 Å². The van der Waals surface area contributed by atoms with Gasteiger partial charge in [-0.1, -0.05) is 42.5 Å². The quantitative estimate of drug-likeness (QED) is 0.826. The largest absolute Gasteiger partial charge is 0.352 e. The number of carbonyl (C=O) groups is 2. The summed E-state index contributed by atoms with van der Waals surface area (Å²) in [7, 11) is 0. The normalized spacial score (nSPS) is 10.1. The average Bonchev–Trinajstić information content (AvgIpc) is 2.59. The van der Waals surface area contributed by atoms with E-state index in [1.165, 1.54) is 0 Å². The number of amides is 2. The predicted molar refractivity (Wildman–Crippen MR) is 91.1 cm³/mol. The lowest BCUT2D eigenvalue weighted by atomic mass is 10.1. The Kier molecular flexibility index (Phi) is 6.36. The maximum atomic E-state index is 11.9. The van der Waals surface area contributed by atoms with Gasteiger partial charge >= 0.3 is 0 Å². The van der Waals surface area contributed by atoms with E-state index in [0.717, 1.165) is 17.5 Å². The van der Waals surface area contributed by atoms with Crippen molar-refractivity contribution in [2.45, 2.75) is 26.3 Å². The van der Waals surface area contributed by atoms with Crippen LogP contribution in [0.2, 0.25) is 0 Å². The van der Waals surface area contributed by atoms with Gasteiger partial charge in [0.15, 0.2) is 0 Å². The summed E-state index contributed by atoms with van der Waals surface area (Å²) in [6, 6.07) is 17.2. The van der Waals surface area contributed by atoms with Crippen LogP contribution in [0, 0.1) is 0 Å². The van der Waals surface area contributed by atoms with Crippen molar-refractivity contribution in [2.24, 2.45) is 0 Å². The number of aryl methyl sites for hydroxylation is 1. The number of nitrogens with one attached hydrogen (secondary N) is 2. The lowest BCUT2D eigenvalue weighted by molar-refractivity contribution is -0.121. The van der Waals surface area contributed by atoms with Gasteiger partial charge in [-0.25, -0.2) is 0 Å². The summed E-state index contributed by atoms with van der Waals surface area (Å²) in [4.78, 5) is 23.5. The highest BCUT2D eigenvalue weighted by atomic mass is 16.2. The fraction of sp³-hybridized carbons (Fsp3) is 0.263. The van der Waals surface area contributed by atoms with Gasteiger partial charge in [0.1, 0.15) is 0 Å². The topological polar surface area (TPSA) is 58.2 Å². The van der Waals surface area contributed by atoms with Crippen LogP contribution in [0.25, 0.3) is 0 Å². The molecule has 4 nitrogen and oxygen atoms in total. The molecule has 0 aliphatic heterocycles. The Morgan fingerprint density at radius 1 is 0.870 bits per heavy atom. The summed E-state index contributed by atoms with van der Waals surface area (Å²) in [5.41, 5.74) is 2.77. The molecule has 0 aliphatic rings. The van der Waals surface area contributed by atoms with Gasteiger partial charge in [-0.05, 0) is 36.6 Å². The zero-order valence-electron chi connectivity index (χ0n) is 13.3. The minimum atomic E-state index is -0.0778. The number of hydrogen-bond donors (Lipinski definition) is 2. The van der Waals surface area contributed by atoms with Crippen LogP contribution in [-0.4, -0.2) is 18.4 Å². The van der Waals surface area contributed by atoms with Crippen molar-refractivity contribution in [3.8, 4) is 0 Å². The molecule has 0 aliphatic carbocycles. The third kappa shape index (κ3) is 5.58. The second kappa shape index (κ2) is 8.73. The molecule has 23 heavy (non-hydrogen) atoms. The highest BCUT2D eigenvalue weighted by Gasteiger charge is 2.05. The molecule has 2 N–H and O–H groups in total. The zero-order valence-corrected chi connectivity index (χ0v) is 13.3. The average molecular weight is 310 g/mol. The number of rotatable bonds is 7. The Bertz CT molecular complexity index is 636. The predicted octanol–water partition coefficient (Wildman–Crippen LogP) is 2.69. The van der Waals surface area contributed by atoms with Crippen molar-refractivity contribution in [1.29, 1.82) is 0 Å². The molecule has 0 spiro atoms. The molecule has 0 atom stereocenters. The number of hydrogen-bond acceptors (Lipinski definition) is 2. The van der Waals surface area contributed by atoms with Gasteiger partial charge in [-0.3, -0.25) is 9.59 Å². The van der Waals surface area contributed by atoms with Crippen LogP contribution in [0.15, 0.2) is 54.6 Å². The van der Waals surface area contributed by atoms with Gasteiger partial charge in [0.25, 0.3) is 5.91 Å². The minimum absolute atomic E-state index is 0.0293.